The molecular weight excluding hydrogens is 334 g/mol. The van der Waals surface area contributed by atoms with Crippen LogP contribution < -0.4 is 10.6 Å². The Morgan fingerprint density at radius 2 is 1.76 bits per heavy atom. The van der Waals surface area contributed by atoms with Crippen LogP contribution in [0, 0.1) is 5.92 Å². The minimum absolute atomic E-state index is 0.130. The maximum Gasteiger partial charge on any atom is 0.191 e. The quantitative estimate of drug-likeness (QED) is 0.378. The van der Waals surface area contributed by atoms with E-state index in [1.54, 1.807) is 31.3 Å². The van der Waals surface area contributed by atoms with E-state index in [0.717, 1.165) is 18.3 Å². The summed E-state index contributed by atoms with van der Waals surface area (Å²) < 4.78 is 24.4. The molecule has 2 N–H and O–H groups in total. The molecule has 6 heteroatoms. The van der Waals surface area contributed by atoms with Crippen LogP contribution in [0.15, 0.2) is 40.2 Å². The molecule has 0 aliphatic carbocycles. The Labute approximate surface area is 153 Å². The van der Waals surface area contributed by atoms with E-state index in [2.05, 4.69) is 36.4 Å². The van der Waals surface area contributed by atoms with Crippen molar-refractivity contribution in [2.75, 3.05) is 19.3 Å². The fraction of sp³-hybridized carbons (Fsp3) is 0.632. The normalized spacial score (nSPS) is 13.7. The van der Waals surface area contributed by atoms with Gasteiger partial charge in [0, 0.05) is 19.6 Å². The second-order valence-electron chi connectivity index (χ2n) is 6.85. The molecule has 1 atom stereocenters. The molecule has 142 valence electrons. The van der Waals surface area contributed by atoms with Crippen LogP contribution >= 0.6 is 0 Å². The number of hydrogen-bond acceptors (Lipinski definition) is 3. The van der Waals surface area contributed by atoms with Gasteiger partial charge in [-0.1, -0.05) is 44.9 Å². The van der Waals surface area contributed by atoms with Gasteiger partial charge in [0.15, 0.2) is 15.8 Å². The van der Waals surface area contributed by atoms with Crippen molar-refractivity contribution in [2.45, 2.75) is 57.4 Å². The van der Waals surface area contributed by atoms with Gasteiger partial charge in [-0.05, 0) is 37.8 Å². The minimum Gasteiger partial charge on any atom is -0.356 e. The summed E-state index contributed by atoms with van der Waals surface area (Å²) in [5.41, 5.74) is 0. The number of nitrogens with zero attached hydrogens (tertiary/aromatic N) is 1. The van der Waals surface area contributed by atoms with Crippen LogP contribution in [0.2, 0.25) is 0 Å². The third-order valence-electron chi connectivity index (χ3n) is 4.01. The Balaban J connectivity index is 2.31. The largest absolute Gasteiger partial charge is 0.356 e. The Hall–Kier alpha value is -1.56. The lowest BCUT2D eigenvalue weighted by Crippen LogP contribution is -2.42. The molecule has 0 aliphatic rings. The molecule has 0 aliphatic heterocycles. The summed E-state index contributed by atoms with van der Waals surface area (Å²) in [4.78, 5) is 4.59. The van der Waals surface area contributed by atoms with Crippen LogP contribution in [0.4, 0.5) is 0 Å². The first kappa shape index (κ1) is 21.5. The van der Waals surface area contributed by atoms with E-state index in [9.17, 15) is 8.42 Å². The molecule has 0 bridgehead atoms. The fourth-order valence-electron chi connectivity index (χ4n) is 2.55. The van der Waals surface area contributed by atoms with Crippen molar-refractivity contribution in [3.63, 3.8) is 0 Å². The lowest BCUT2D eigenvalue weighted by Gasteiger charge is -2.18. The number of benzene rings is 1. The van der Waals surface area contributed by atoms with Gasteiger partial charge in [0.1, 0.15) is 0 Å². The smallest absolute Gasteiger partial charge is 0.191 e. The predicted octanol–water partition coefficient (Wildman–Crippen LogP) is 3.23. The maximum atomic E-state index is 12.2. The number of aliphatic imine (C=N–C) groups is 1. The second-order valence-corrected chi connectivity index (χ2v) is 8.96. The van der Waals surface area contributed by atoms with Crippen molar-refractivity contribution in [3.8, 4) is 0 Å². The average Bonchev–Trinajstić information content (AvgIpc) is 2.58. The minimum atomic E-state index is -3.21. The molecule has 1 aromatic rings. The van der Waals surface area contributed by atoms with Crippen LogP contribution in [0.3, 0.4) is 0 Å². The first-order chi connectivity index (χ1) is 11.8. The molecule has 0 fully saturated rings. The summed E-state index contributed by atoms with van der Waals surface area (Å²) in [6.45, 7) is 7.20. The first-order valence-electron chi connectivity index (χ1n) is 9.10. The number of rotatable bonds is 10. The molecule has 0 spiro atoms. The van der Waals surface area contributed by atoms with Gasteiger partial charge in [-0.3, -0.25) is 4.99 Å². The molecule has 0 aromatic heterocycles. The summed E-state index contributed by atoms with van der Waals surface area (Å²) in [6.07, 6.45) is 4.06. The maximum absolute atomic E-state index is 12.2. The van der Waals surface area contributed by atoms with E-state index in [1.807, 2.05) is 6.07 Å². The van der Waals surface area contributed by atoms with E-state index < -0.39 is 9.84 Å². The molecule has 0 amide bonds. The highest BCUT2D eigenvalue weighted by atomic mass is 32.2. The zero-order chi connectivity index (χ0) is 18.7. The number of hydrogen-bond donors (Lipinski definition) is 2. The molecule has 5 nitrogen and oxygen atoms in total. The van der Waals surface area contributed by atoms with Crippen LogP contribution in [0.5, 0.6) is 0 Å². The second kappa shape index (κ2) is 11.1. The zero-order valence-corrected chi connectivity index (χ0v) is 16.8. The number of sulfone groups is 1. The number of guanidine groups is 1. The van der Waals surface area contributed by atoms with Crippen molar-refractivity contribution in [3.05, 3.63) is 30.3 Å². The number of nitrogens with one attached hydrogen (secondary N) is 2. The third kappa shape index (κ3) is 8.91. The van der Waals surface area contributed by atoms with E-state index in [0.29, 0.717) is 23.9 Å². The van der Waals surface area contributed by atoms with Crippen molar-refractivity contribution in [1.82, 2.24) is 10.6 Å². The van der Waals surface area contributed by atoms with Crippen LogP contribution in [-0.4, -0.2) is 39.8 Å². The molecule has 0 saturated heterocycles. The summed E-state index contributed by atoms with van der Waals surface area (Å²) in [5.74, 6) is 1.59. The van der Waals surface area contributed by atoms with E-state index >= 15 is 0 Å². The monoisotopic (exact) mass is 367 g/mol. The van der Waals surface area contributed by atoms with Crippen molar-refractivity contribution < 1.29 is 8.42 Å². The molecular formula is C19H33N3O2S. The van der Waals surface area contributed by atoms with Gasteiger partial charge in [-0.25, -0.2) is 8.42 Å². The lowest BCUT2D eigenvalue weighted by atomic mass is 10.0. The van der Waals surface area contributed by atoms with Crippen molar-refractivity contribution in [2.24, 2.45) is 10.9 Å². The summed E-state index contributed by atoms with van der Waals surface area (Å²) in [6, 6.07) is 8.94. The highest BCUT2D eigenvalue weighted by molar-refractivity contribution is 7.91. The van der Waals surface area contributed by atoms with Crippen molar-refractivity contribution >= 4 is 15.8 Å². The average molecular weight is 368 g/mol. The highest BCUT2D eigenvalue weighted by Gasteiger charge is 2.13. The van der Waals surface area contributed by atoms with E-state index in [1.165, 1.54) is 12.8 Å². The van der Waals surface area contributed by atoms with Gasteiger partial charge in [-0.15, -0.1) is 0 Å². The zero-order valence-electron chi connectivity index (χ0n) is 16.0. The summed E-state index contributed by atoms with van der Waals surface area (Å²) in [7, 11) is -1.48. The van der Waals surface area contributed by atoms with Gasteiger partial charge in [0.2, 0.25) is 0 Å². The van der Waals surface area contributed by atoms with Crippen LogP contribution in [-0.2, 0) is 9.84 Å². The Bertz CT molecular complexity index is 613. The Morgan fingerprint density at radius 1 is 1.08 bits per heavy atom. The summed E-state index contributed by atoms with van der Waals surface area (Å²) >= 11 is 0. The van der Waals surface area contributed by atoms with Gasteiger partial charge in [-0.2, -0.15) is 0 Å². The molecule has 25 heavy (non-hydrogen) atoms. The molecule has 1 rings (SSSR count). The van der Waals surface area contributed by atoms with Crippen LogP contribution in [0.25, 0.3) is 0 Å². The topological polar surface area (TPSA) is 70.6 Å². The third-order valence-corrected chi connectivity index (χ3v) is 5.83. The standard InChI is InChI=1S/C19H33N3O2S/c1-16(2)10-8-11-17(3)22-19(20-4)21-14-9-15-25(23,24)18-12-6-5-7-13-18/h5-7,12-13,16-17H,8-11,14-15H2,1-4H3,(H2,20,21,22). The van der Waals surface area contributed by atoms with E-state index in [4.69, 9.17) is 0 Å². The van der Waals surface area contributed by atoms with Crippen molar-refractivity contribution in [1.29, 1.82) is 0 Å². The molecule has 0 radical (unpaired) electrons. The van der Waals surface area contributed by atoms with Gasteiger partial charge in [0.25, 0.3) is 0 Å². The van der Waals surface area contributed by atoms with Crippen LogP contribution in [0.1, 0.15) is 46.5 Å². The van der Waals surface area contributed by atoms with E-state index in [-0.39, 0.29) is 5.75 Å². The molecule has 0 heterocycles. The van der Waals surface area contributed by atoms with Gasteiger partial charge >= 0.3 is 0 Å². The van der Waals surface area contributed by atoms with Gasteiger partial charge in [0.05, 0.1) is 10.6 Å². The first-order valence-corrected chi connectivity index (χ1v) is 10.8. The molecule has 1 aromatic carbocycles. The fourth-order valence-corrected chi connectivity index (χ4v) is 3.88. The highest BCUT2D eigenvalue weighted by Crippen LogP contribution is 2.11. The Kier molecular flexibility index (Phi) is 9.57. The lowest BCUT2D eigenvalue weighted by molar-refractivity contribution is 0.491. The molecule has 0 saturated carbocycles. The summed E-state index contributed by atoms with van der Waals surface area (Å²) in [5, 5.41) is 6.56. The SMILES string of the molecule is CN=C(NCCCS(=O)(=O)c1ccccc1)NC(C)CCCC(C)C. The predicted molar refractivity (Wildman–Crippen MR) is 106 cm³/mol. The molecule has 1 unspecified atom stereocenters. The Morgan fingerprint density at radius 3 is 2.36 bits per heavy atom. The van der Waals surface area contributed by atoms with Gasteiger partial charge < -0.3 is 10.6 Å².